The van der Waals surface area contributed by atoms with E-state index in [0.29, 0.717) is 0 Å². The van der Waals surface area contributed by atoms with E-state index in [-0.39, 0.29) is 23.8 Å². The van der Waals surface area contributed by atoms with Gasteiger partial charge in [0.25, 0.3) is 0 Å². The third kappa shape index (κ3) is 2.98. The van der Waals surface area contributed by atoms with Gasteiger partial charge in [-0.3, -0.25) is 4.79 Å². The summed E-state index contributed by atoms with van der Waals surface area (Å²) in [5.74, 6) is 0.143. The van der Waals surface area contributed by atoms with Crippen LogP contribution in [-0.2, 0) is 4.79 Å². The smallest absolute Gasteiger partial charge is 0.223 e. The molecule has 3 heteroatoms. The van der Waals surface area contributed by atoms with Gasteiger partial charge in [-0.2, -0.15) is 0 Å². The molecule has 0 radical (unpaired) electrons. The lowest BCUT2D eigenvalue weighted by Gasteiger charge is -2.16. The van der Waals surface area contributed by atoms with Gasteiger partial charge < -0.3 is 5.32 Å². The fraction of sp³-hybridized carbons (Fsp3) is 0.900. The van der Waals surface area contributed by atoms with E-state index in [1.54, 1.807) is 0 Å². The Labute approximate surface area is 78.9 Å². The Morgan fingerprint density at radius 3 is 2.77 bits per heavy atom. The first kappa shape index (κ1) is 10.5. The van der Waals surface area contributed by atoms with Crippen molar-refractivity contribution >= 4 is 5.91 Å². The second kappa shape index (κ2) is 4.07. The number of carbonyl (C=O) groups excluding carboxylic acids is 1. The average Bonchev–Trinajstić information content (AvgIpc) is 2.42. The topological polar surface area (TPSA) is 29.1 Å². The summed E-state index contributed by atoms with van der Waals surface area (Å²) in [4.78, 5) is 11.4. The van der Waals surface area contributed by atoms with E-state index in [2.05, 4.69) is 19.2 Å². The van der Waals surface area contributed by atoms with E-state index in [9.17, 15) is 9.18 Å². The second-order valence-electron chi connectivity index (χ2n) is 4.58. The van der Waals surface area contributed by atoms with Crippen molar-refractivity contribution in [1.82, 2.24) is 5.32 Å². The van der Waals surface area contributed by atoms with E-state index in [1.807, 2.05) is 0 Å². The van der Waals surface area contributed by atoms with E-state index in [0.717, 1.165) is 19.3 Å². The highest BCUT2D eigenvalue weighted by molar-refractivity contribution is 5.78. The van der Waals surface area contributed by atoms with Crippen molar-refractivity contribution in [3.05, 3.63) is 0 Å². The largest absolute Gasteiger partial charge is 0.353 e. The number of halogens is 1. The minimum atomic E-state index is -0.470. The third-order valence-corrected chi connectivity index (χ3v) is 2.73. The molecular weight excluding hydrogens is 169 g/mol. The highest BCUT2D eigenvalue weighted by Gasteiger charge is 2.34. The molecule has 1 aliphatic carbocycles. The number of hydrogen-bond acceptors (Lipinski definition) is 1. The lowest BCUT2D eigenvalue weighted by Crippen LogP contribution is -2.31. The summed E-state index contributed by atoms with van der Waals surface area (Å²) in [7, 11) is 0. The van der Waals surface area contributed by atoms with E-state index < -0.39 is 6.67 Å². The van der Waals surface area contributed by atoms with E-state index in [4.69, 9.17) is 0 Å². The molecule has 0 aromatic heterocycles. The molecule has 0 aromatic rings. The van der Waals surface area contributed by atoms with Crippen LogP contribution in [0, 0.1) is 11.3 Å². The summed E-state index contributed by atoms with van der Waals surface area (Å²) in [6.45, 7) is 4.04. The molecule has 1 saturated carbocycles. The van der Waals surface area contributed by atoms with Crippen molar-refractivity contribution in [1.29, 1.82) is 0 Å². The zero-order valence-electron chi connectivity index (χ0n) is 8.40. The van der Waals surface area contributed by atoms with Gasteiger partial charge in [-0.15, -0.1) is 0 Å². The van der Waals surface area contributed by atoms with Crippen molar-refractivity contribution in [3.63, 3.8) is 0 Å². The Bertz CT molecular complexity index is 191. The average molecular weight is 187 g/mol. The molecule has 1 unspecified atom stereocenters. The highest BCUT2D eigenvalue weighted by atomic mass is 19.1. The van der Waals surface area contributed by atoms with E-state index >= 15 is 0 Å². The molecular formula is C10H18FNO. The zero-order valence-corrected chi connectivity index (χ0v) is 8.40. The molecule has 1 fully saturated rings. The first-order valence-corrected chi connectivity index (χ1v) is 4.89. The maximum Gasteiger partial charge on any atom is 0.223 e. The van der Waals surface area contributed by atoms with Crippen LogP contribution in [0.2, 0.25) is 0 Å². The fourth-order valence-corrected chi connectivity index (χ4v) is 1.97. The van der Waals surface area contributed by atoms with Gasteiger partial charge in [0, 0.05) is 12.5 Å². The summed E-state index contributed by atoms with van der Waals surface area (Å²) in [6, 6.07) is 0. The number of hydrogen-bond donors (Lipinski definition) is 1. The first-order valence-electron chi connectivity index (χ1n) is 4.89. The molecule has 0 aromatic carbocycles. The normalized spacial score (nSPS) is 25.9. The molecule has 0 spiro atoms. The van der Waals surface area contributed by atoms with Crippen molar-refractivity contribution in [3.8, 4) is 0 Å². The molecule has 76 valence electrons. The molecule has 1 amide bonds. The number of carbonyl (C=O) groups is 1. The number of rotatable bonds is 3. The number of nitrogens with one attached hydrogen (secondary N) is 1. The highest BCUT2D eigenvalue weighted by Crippen LogP contribution is 2.40. The van der Waals surface area contributed by atoms with Crippen molar-refractivity contribution < 1.29 is 9.18 Å². The quantitative estimate of drug-likeness (QED) is 0.718. The van der Waals surface area contributed by atoms with Gasteiger partial charge in [0.1, 0.15) is 6.67 Å². The predicted molar refractivity (Wildman–Crippen MR) is 50.1 cm³/mol. The lowest BCUT2D eigenvalue weighted by atomic mass is 9.90. The summed E-state index contributed by atoms with van der Waals surface area (Å²) < 4.78 is 11.8. The van der Waals surface area contributed by atoms with Gasteiger partial charge >= 0.3 is 0 Å². The summed E-state index contributed by atoms with van der Waals surface area (Å²) in [6.07, 6.45) is 2.98. The Morgan fingerprint density at radius 1 is 1.62 bits per heavy atom. The van der Waals surface area contributed by atoms with Crippen LogP contribution < -0.4 is 5.32 Å². The molecule has 13 heavy (non-hydrogen) atoms. The third-order valence-electron chi connectivity index (χ3n) is 2.73. The van der Waals surface area contributed by atoms with Gasteiger partial charge in [0.15, 0.2) is 0 Å². The SMILES string of the molecule is CC1(C)CCC(C(=O)NCCF)C1. The minimum absolute atomic E-state index is 0.0308. The minimum Gasteiger partial charge on any atom is -0.353 e. The van der Waals surface area contributed by atoms with Crippen LogP contribution in [0.3, 0.4) is 0 Å². The molecule has 1 N–H and O–H groups in total. The summed E-state index contributed by atoms with van der Waals surface area (Å²) in [5, 5.41) is 2.60. The standard InChI is InChI=1S/C10H18FNO/c1-10(2)4-3-8(7-10)9(13)12-6-5-11/h8H,3-7H2,1-2H3,(H,12,13). The van der Waals surface area contributed by atoms with Crippen LogP contribution in [0.15, 0.2) is 0 Å². The Kier molecular flexibility index (Phi) is 3.28. The Balaban J connectivity index is 2.33. The number of alkyl halides is 1. The van der Waals surface area contributed by atoms with Crippen LogP contribution in [0.1, 0.15) is 33.1 Å². The maximum atomic E-state index is 11.8. The van der Waals surface area contributed by atoms with Crippen molar-refractivity contribution in [2.75, 3.05) is 13.2 Å². The maximum absolute atomic E-state index is 11.8. The van der Waals surface area contributed by atoms with Crippen molar-refractivity contribution in [2.45, 2.75) is 33.1 Å². The van der Waals surface area contributed by atoms with Crippen molar-refractivity contribution in [2.24, 2.45) is 11.3 Å². The van der Waals surface area contributed by atoms with Gasteiger partial charge in [-0.25, -0.2) is 4.39 Å². The van der Waals surface area contributed by atoms with Crippen LogP contribution in [0.25, 0.3) is 0 Å². The summed E-state index contributed by atoms with van der Waals surface area (Å²) in [5.41, 5.74) is 0.289. The summed E-state index contributed by atoms with van der Waals surface area (Å²) >= 11 is 0. The Hall–Kier alpha value is -0.600. The van der Waals surface area contributed by atoms with Crippen LogP contribution >= 0.6 is 0 Å². The predicted octanol–water partition coefficient (Wildman–Crippen LogP) is 1.90. The van der Waals surface area contributed by atoms with Crippen LogP contribution in [0.5, 0.6) is 0 Å². The van der Waals surface area contributed by atoms with Crippen LogP contribution in [0.4, 0.5) is 4.39 Å². The molecule has 1 rings (SSSR count). The molecule has 0 bridgehead atoms. The molecule has 0 heterocycles. The lowest BCUT2D eigenvalue weighted by molar-refractivity contribution is -0.125. The first-order chi connectivity index (χ1) is 6.05. The van der Waals surface area contributed by atoms with Gasteiger partial charge in [-0.05, 0) is 24.7 Å². The number of amides is 1. The molecule has 1 atom stereocenters. The fourth-order valence-electron chi connectivity index (χ4n) is 1.97. The zero-order chi connectivity index (χ0) is 9.90. The second-order valence-corrected chi connectivity index (χ2v) is 4.58. The monoisotopic (exact) mass is 187 g/mol. The Morgan fingerprint density at radius 2 is 2.31 bits per heavy atom. The molecule has 0 saturated heterocycles. The van der Waals surface area contributed by atoms with Gasteiger partial charge in [-0.1, -0.05) is 13.8 Å². The van der Waals surface area contributed by atoms with Gasteiger partial charge in [0.2, 0.25) is 5.91 Å². The molecule has 1 aliphatic rings. The van der Waals surface area contributed by atoms with Gasteiger partial charge in [0.05, 0.1) is 0 Å². The molecule has 0 aliphatic heterocycles. The molecule has 2 nitrogen and oxygen atoms in total. The van der Waals surface area contributed by atoms with E-state index in [1.165, 1.54) is 0 Å². The van der Waals surface area contributed by atoms with Crippen LogP contribution in [-0.4, -0.2) is 19.1 Å².